The van der Waals surface area contributed by atoms with Gasteiger partial charge in [0.1, 0.15) is 0 Å². The quantitative estimate of drug-likeness (QED) is 0.807. The first-order chi connectivity index (χ1) is 12.7. The first-order valence-electron chi connectivity index (χ1n) is 8.19. The topological polar surface area (TPSA) is 109 Å². The highest BCUT2D eigenvalue weighted by Crippen LogP contribution is 2.22. The average Bonchev–Trinajstić information content (AvgIpc) is 2.62. The first-order valence-corrected chi connectivity index (χ1v) is 8.19. The van der Waals surface area contributed by atoms with E-state index in [0.717, 1.165) is 0 Å². The van der Waals surface area contributed by atoms with E-state index in [1.807, 2.05) is 6.07 Å². The Labute approximate surface area is 156 Å². The van der Waals surface area contributed by atoms with Crippen LogP contribution in [0.1, 0.15) is 20.3 Å². The molecular formula is C19H21N3O5. The highest BCUT2D eigenvalue weighted by molar-refractivity contribution is 5.94. The fourth-order valence-electron chi connectivity index (χ4n) is 2.11. The average molecular weight is 371 g/mol. The van der Waals surface area contributed by atoms with Gasteiger partial charge in [-0.1, -0.05) is 18.2 Å². The zero-order chi connectivity index (χ0) is 20.0. The van der Waals surface area contributed by atoms with Gasteiger partial charge in [-0.25, -0.2) is 9.78 Å². The number of carboxylic acid groups (broad SMARTS) is 1. The third-order valence-electron chi connectivity index (χ3n) is 3.81. The zero-order valence-electron chi connectivity index (χ0n) is 15.3. The van der Waals surface area contributed by atoms with Crippen LogP contribution in [0.5, 0.6) is 5.88 Å². The number of hydrogen-bond acceptors (Lipinski definition) is 5. The largest absolute Gasteiger partial charge is 0.481 e. The van der Waals surface area contributed by atoms with Gasteiger partial charge < -0.3 is 15.2 Å². The van der Waals surface area contributed by atoms with E-state index in [9.17, 15) is 14.4 Å². The lowest BCUT2D eigenvalue weighted by molar-refractivity contribution is -0.148. The van der Waals surface area contributed by atoms with E-state index >= 15 is 0 Å². The van der Waals surface area contributed by atoms with Crippen molar-refractivity contribution >= 4 is 29.3 Å². The van der Waals surface area contributed by atoms with Crippen molar-refractivity contribution in [2.75, 3.05) is 17.3 Å². The van der Waals surface area contributed by atoms with Crippen LogP contribution in [0.15, 0.2) is 48.7 Å². The molecule has 0 aliphatic carbocycles. The predicted octanol–water partition coefficient (Wildman–Crippen LogP) is 3.16. The van der Waals surface area contributed by atoms with Crippen LogP contribution >= 0.6 is 0 Å². The molecule has 142 valence electrons. The molecule has 0 atom stereocenters. The minimum absolute atomic E-state index is 0.0756. The molecule has 0 saturated heterocycles. The van der Waals surface area contributed by atoms with Crippen LogP contribution in [0.3, 0.4) is 0 Å². The predicted molar refractivity (Wildman–Crippen MR) is 99.8 cm³/mol. The molecular weight excluding hydrogens is 350 g/mol. The van der Waals surface area contributed by atoms with Gasteiger partial charge in [-0.15, -0.1) is 0 Å². The van der Waals surface area contributed by atoms with Crippen LogP contribution in [-0.2, 0) is 9.59 Å². The Hall–Kier alpha value is -3.42. The van der Waals surface area contributed by atoms with Crippen molar-refractivity contribution in [3.05, 3.63) is 48.7 Å². The van der Waals surface area contributed by atoms with E-state index in [4.69, 9.17) is 9.84 Å². The number of aromatic nitrogens is 1. The molecule has 1 aromatic carbocycles. The number of para-hydroxylation sites is 1. The van der Waals surface area contributed by atoms with Crippen LogP contribution in [0.25, 0.3) is 0 Å². The molecule has 0 unspecified atom stereocenters. The van der Waals surface area contributed by atoms with Gasteiger partial charge in [0.05, 0.1) is 17.3 Å². The summed E-state index contributed by atoms with van der Waals surface area (Å²) >= 11 is 0. The standard InChI is InChI=1S/C19H21N3O5/c1-19(2,17(24)25)11-15(23)21-13-9-10-16(20-12-13)27-18(26)22(3)14-7-5-4-6-8-14/h4-10,12H,11H2,1-3H3,(H,21,23)(H,24,25). The third kappa shape index (κ3) is 5.53. The highest BCUT2D eigenvalue weighted by Gasteiger charge is 2.30. The number of benzene rings is 1. The Bertz CT molecular complexity index is 819. The lowest BCUT2D eigenvalue weighted by Gasteiger charge is -2.18. The molecule has 0 aliphatic rings. The van der Waals surface area contributed by atoms with E-state index in [0.29, 0.717) is 11.4 Å². The Kier molecular flexibility index (Phi) is 6.12. The van der Waals surface area contributed by atoms with Gasteiger partial charge in [0.15, 0.2) is 0 Å². The van der Waals surface area contributed by atoms with Crippen LogP contribution in [0, 0.1) is 5.41 Å². The molecule has 8 heteroatoms. The Morgan fingerprint density at radius 3 is 2.37 bits per heavy atom. The Morgan fingerprint density at radius 2 is 1.81 bits per heavy atom. The van der Waals surface area contributed by atoms with E-state index < -0.39 is 23.4 Å². The summed E-state index contributed by atoms with van der Waals surface area (Å²) < 4.78 is 5.19. The van der Waals surface area contributed by atoms with Gasteiger partial charge in [0, 0.05) is 25.2 Å². The van der Waals surface area contributed by atoms with Gasteiger partial charge in [0.25, 0.3) is 0 Å². The smallest absolute Gasteiger partial charge is 0.420 e. The van der Waals surface area contributed by atoms with Crippen molar-refractivity contribution in [1.82, 2.24) is 4.98 Å². The number of amides is 2. The maximum atomic E-state index is 12.1. The number of ether oxygens (including phenoxy) is 1. The second kappa shape index (κ2) is 8.31. The third-order valence-corrected chi connectivity index (χ3v) is 3.81. The number of aliphatic carboxylic acids is 1. The molecule has 0 bridgehead atoms. The Morgan fingerprint density at radius 1 is 1.15 bits per heavy atom. The van der Waals surface area contributed by atoms with E-state index in [-0.39, 0.29) is 12.3 Å². The van der Waals surface area contributed by atoms with Crippen LogP contribution in [-0.4, -0.2) is 35.1 Å². The molecule has 0 fully saturated rings. The summed E-state index contributed by atoms with van der Waals surface area (Å²) in [7, 11) is 1.58. The van der Waals surface area contributed by atoms with Gasteiger partial charge in [-0.2, -0.15) is 0 Å². The fourth-order valence-corrected chi connectivity index (χ4v) is 2.11. The summed E-state index contributed by atoms with van der Waals surface area (Å²) in [5, 5.41) is 11.6. The molecule has 27 heavy (non-hydrogen) atoms. The van der Waals surface area contributed by atoms with Gasteiger partial charge in [0.2, 0.25) is 11.8 Å². The summed E-state index contributed by atoms with van der Waals surface area (Å²) in [4.78, 5) is 40.5. The van der Waals surface area contributed by atoms with Gasteiger partial charge >= 0.3 is 12.1 Å². The summed E-state index contributed by atoms with van der Waals surface area (Å²) in [6.07, 6.45) is 0.547. The van der Waals surface area contributed by atoms with Crippen LogP contribution in [0.2, 0.25) is 0 Å². The minimum atomic E-state index is -1.17. The molecule has 0 radical (unpaired) electrons. The number of carbonyl (C=O) groups excluding carboxylic acids is 2. The number of nitrogens with one attached hydrogen (secondary N) is 1. The van der Waals surface area contributed by atoms with Crippen molar-refractivity contribution in [2.45, 2.75) is 20.3 Å². The maximum absolute atomic E-state index is 12.1. The summed E-state index contributed by atoms with van der Waals surface area (Å²) in [5.41, 5.74) is -0.125. The molecule has 0 spiro atoms. The summed E-state index contributed by atoms with van der Waals surface area (Å²) in [6, 6.07) is 12.0. The van der Waals surface area contributed by atoms with Gasteiger partial charge in [-0.05, 0) is 32.0 Å². The number of carbonyl (C=O) groups is 3. The van der Waals surface area contributed by atoms with Crippen molar-refractivity contribution in [3.63, 3.8) is 0 Å². The van der Waals surface area contributed by atoms with E-state index in [2.05, 4.69) is 10.3 Å². The SMILES string of the molecule is CN(C(=O)Oc1ccc(NC(=O)CC(C)(C)C(=O)O)cn1)c1ccccc1. The number of nitrogens with zero attached hydrogens (tertiary/aromatic N) is 2. The molecule has 1 aromatic heterocycles. The van der Waals surface area contributed by atoms with Crippen molar-refractivity contribution in [3.8, 4) is 5.88 Å². The second-order valence-electron chi connectivity index (χ2n) is 6.56. The molecule has 0 aliphatic heterocycles. The zero-order valence-corrected chi connectivity index (χ0v) is 15.3. The second-order valence-corrected chi connectivity index (χ2v) is 6.56. The first kappa shape index (κ1) is 19.9. The lowest BCUT2D eigenvalue weighted by atomic mass is 9.89. The number of pyridine rings is 1. The summed E-state index contributed by atoms with van der Waals surface area (Å²) in [5.74, 6) is -1.43. The molecule has 2 N–H and O–H groups in total. The van der Waals surface area contributed by atoms with Crippen LogP contribution < -0.4 is 15.0 Å². The molecule has 2 aromatic rings. The monoisotopic (exact) mass is 371 g/mol. The van der Waals surface area contributed by atoms with Crippen molar-refractivity contribution in [1.29, 1.82) is 0 Å². The fraction of sp³-hybridized carbons (Fsp3) is 0.263. The lowest BCUT2D eigenvalue weighted by Crippen LogP contribution is -2.30. The number of anilines is 2. The maximum Gasteiger partial charge on any atom is 0.420 e. The summed E-state index contributed by atoms with van der Waals surface area (Å²) in [6.45, 7) is 2.94. The molecule has 1 heterocycles. The highest BCUT2D eigenvalue weighted by atomic mass is 16.6. The van der Waals surface area contributed by atoms with Crippen LogP contribution in [0.4, 0.5) is 16.2 Å². The minimum Gasteiger partial charge on any atom is -0.481 e. The Balaban J connectivity index is 1.94. The van der Waals surface area contributed by atoms with Crippen molar-refractivity contribution in [2.24, 2.45) is 5.41 Å². The normalized spacial score (nSPS) is 10.8. The molecule has 2 rings (SSSR count). The number of carboxylic acids is 1. The van der Waals surface area contributed by atoms with Gasteiger partial charge in [-0.3, -0.25) is 14.5 Å². The van der Waals surface area contributed by atoms with Crippen molar-refractivity contribution < 1.29 is 24.2 Å². The molecule has 0 saturated carbocycles. The number of rotatable bonds is 6. The van der Waals surface area contributed by atoms with E-state index in [1.54, 1.807) is 31.3 Å². The molecule has 8 nitrogen and oxygen atoms in total. The van der Waals surface area contributed by atoms with E-state index in [1.165, 1.54) is 37.1 Å². The molecule has 2 amide bonds. The number of hydrogen-bond donors (Lipinski definition) is 2.